The van der Waals surface area contributed by atoms with Crippen LogP contribution in [-0.2, 0) is 12.8 Å². The van der Waals surface area contributed by atoms with Gasteiger partial charge in [-0.3, -0.25) is 0 Å². The largest absolute Gasteiger partial charge is 0.480 e. The van der Waals surface area contributed by atoms with Gasteiger partial charge in [-0.15, -0.1) is 0 Å². The maximum Gasteiger partial charge on any atom is 0.237 e. The van der Waals surface area contributed by atoms with Gasteiger partial charge in [0.15, 0.2) is 0 Å². The van der Waals surface area contributed by atoms with Crippen molar-refractivity contribution in [2.75, 3.05) is 12.4 Å². The molecular formula is C15H16N2O. The Kier molecular flexibility index (Phi) is 2.89. The molecule has 3 heteroatoms. The van der Waals surface area contributed by atoms with Gasteiger partial charge in [0.2, 0.25) is 5.88 Å². The van der Waals surface area contributed by atoms with Crippen LogP contribution in [0.4, 0.5) is 5.69 Å². The van der Waals surface area contributed by atoms with Crippen LogP contribution in [0.1, 0.15) is 11.1 Å². The van der Waals surface area contributed by atoms with E-state index in [4.69, 9.17) is 4.74 Å². The van der Waals surface area contributed by atoms with Crippen molar-refractivity contribution in [3.63, 3.8) is 0 Å². The zero-order valence-electron chi connectivity index (χ0n) is 10.4. The summed E-state index contributed by atoms with van der Waals surface area (Å²) in [7, 11) is 1.65. The number of hydrogen-bond donors (Lipinski definition) is 1. The van der Waals surface area contributed by atoms with Gasteiger partial charge in [-0.1, -0.05) is 24.3 Å². The molecule has 0 bridgehead atoms. The zero-order chi connectivity index (χ0) is 12.4. The van der Waals surface area contributed by atoms with E-state index >= 15 is 0 Å². The lowest BCUT2D eigenvalue weighted by molar-refractivity contribution is 0.399. The molecule has 3 rings (SSSR count). The van der Waals surface area contributed by atoms with Crippen molar-refractivity contribution >= 4 is 5.69 Å². The number of nitrogens with zero attached hydrogens (tertiary/aromatic N) is 1. The second kappa shape index (κ2) is 4.69. The third kappa shape index (κ3) is 2.04. The van der Waals surface area contributed by atoms with Gasteiger partial charge in [0, 0.05) is 12.2 Å². The summed E-state index contributed by atoms with van der Waals surface area (Å²) in [5, 5.41) is 3.52. The Morgan fingerprint density at radius 2 is 1.83 bits per heavy atom. The minimum atomic E-state index is 0.431. The number of anilines is 1. The minimum Gasteiger partial charge on any atom is -0.480 e. The molecule has 1 N–H and O–H groups in total. The average Bonchev–Trinajstić information content (AvgIpc) is 2.81. The molecule has 1 aromatic heterocycles. The number of fused-ring (bicyclic) bond motifs is 1. The second-order valence-electron chi connectivity index (χ2n) is 4.58. The van der Waals surface area contributed by atoms with Crippen LogP contribution >= 0.6 is 0 Å². The Hall–Kier alpha value is -2.03. The van der Waals surface area contributed by atoms with Crippen molar-refractivity contribution in [3.8, 4) is 5.88 Å². The lowest BCUT2D eigenvalue weighted by Crippen LogP contribution is -2.20. The third-order valence-corrected chi connectivity index (χ3v) is 3.38. The van der Waals surface area contributed by atoms with Crippen LogP contribution in [0.15, 0.2) is 42.6 Å². The Bertz CT molecular complexity index is 529. The fourth-order valence-corrected chi connectivity index (χ4v) is 2.54. The average molecular weight is 240 g/mol. The van der Waals surface area contributed by atoms with E-state index in [-0.39, 0.29) is 0 Å². The van der Waals surface area contributed by atoms with E-state index in [0.29, 0.717) is 11.9 Å². The zero-order valence-corrected chi connectivity index (χ0v) is 10.4. The first-order chi connectivity index (χ1) is 8.86. The van der Waals surface area contributed by atoms with E-state index in [0.717, 1.165) is 18.5 Å². The normalized spacial score (nSPS) is 14.3. The van der Waals surface area contributed by atoms with Crippen LogP contribution in [0.25, 0.3) is 0 Å². The molecule has 0 aliphatic heterocycles. The fourth-order valence-electron chi connectivity index (χ4n) is 2.54. The van der Waals surface area contributed by atoms with Crippen molar-refractivity contribution < 1.29 is 4.74 Å². The van der Waals surface area contributed by atoms with Crippen LogP contribution in [0, 0.1) is 0 Å². The Balaban J connectivity index is 1.76. The Morgan fingerprint density at radius 3 is 2.50 bits per heavy atom. The van der Waals surface area contributed by atoms with E-state index in [2.05, 4.69) is 34.6 Å². The molecule has 18 heavy (non-hydrogen) atoms. The van der Waals surface area contributed by atoms with Gasteiger partial charge in [0.25, 0.3) is 0 Å². The molecule has 1 aromatic carbocycles. The number of methoxy groups -OCH3 is 1. The van der Waals surface area contributed by atoms with Gasteiger partial charge < -0.3 is 10.1 Å². The highest BCUT2D eigenvalue weighted by Crippen LogP contribution is 2.27. The second-order valence-corrected chi connectivity index (χ2v) is 4.58. The highest BCUT2D eigenvalue weighted by atomic mass is 16.5. The number of nitrogens with one attached hydrogen (secondary N) is 1. The van der Waals surface area contributed by atoms with E-state index in [1.807, 2.05) is 12.1 Å². The van der Waals surface area contributed by atoms with Crippen LogP contribution in [0.3, 0.4) is 0 Å². The monoisotopic (exact) mass is 240 g/mol. The van der Waals surface area contributed by atoms with Gasteiger partial charge >= 0.3 is 0 Å². The molecule has 0 saturated carbocycles. The van der Waals surface area contributed by atoms with Crippen molar-refractivity contribution in [2.45, 2.75) is 18.9 Å². The molecular weight excluding hydrogens is 224 g/mol. The number of aromatic nitrogens is 1. The highest BCUT2D eigenvalue weighted by molar-refractivity contribution is 5.54. The molecule has 0 amide bonds. The Morgan fingerprint density at radius 1 is 1.11 bits per heavy atom. The van der Waals surface area contributed by atoms with Crippen molar-refractivity contribution in [1.29, 1.82) is 0 Å². The van der Waals surface area contributed by atoms with Gasteiger partial charge in [-0.05, 0) is 36.1 Å². The Labute approximate surface area is 107 Å². The van der Waals surface area contributed by atoms with Crippen molar-refractivity contribution in [1.82, 2.24) is 4.98 Å². The molecule has 0 spiro atoms. The van der Waals surface area contributed by atoms with Crippen molar-refractivity contribution in [3.05, 3.63) is 53.7 Å². The molecule has 0 radical (unpaired) electrons. The first kappa shape index (κ1) is 11.1. The summed E-state index contributed by atoms with van der Waals surface area (Å²) in [4.78, 5) is 4.20. The van der Waals surface area contributed by atoms with E-state index in [1.165, 1.54) is 11.1 Å². The molecule has 92 valence electrons. The maximum absolute atomic E-state index is 5.26. The molecule has 3 nitrogen and oxygen atoms in total. The number of rotatable bonds is 3. The van der Waals surface area contributed by atoms with Gasteiger partial charge in [0.1, 0.15) is 0 Å². The van der Waals surface area contributed by atoms with Crippen LogP contribution in [-0.4, -0.2) is 18.1 Å². The first-order valence-corrected chi connectivity index (χ1v) is 6.19. The highest BCUT2D eigenvalue weighted by Gasteiger charge is 2.21. The third-order valence-electron chi connectivity index (χ3n) is 3.38. The number of ether oxygens (including phenoxy) is 1. The van der Waals surface area contributed by atoms with Gasteiger partial charge in [0.05, 0.1) is 12.8 Å². The predicted molar refractivity (Wildman–Crippen MR) is 72.0 cm³/mol. The predicted octanol–water partition coefficient (Wildman–Crippen LogP) is 2.67. The molecule has 0 atom stereocenters. The molecule has 1 aliphatic carbocycles. The van der Waals surface area contributed by atoms with E-state index < -0.39 is 0 Å². The van der Waals surface area contributed by atoms with E-state index in [1.54, 1.807) is 13.3 Å². The quantitative estimate of drug-likeness (QED) is 0.895. The molecule has 2 aromatic rings. The maximum atomic E-state index is 5.26. The number of hydrogen-bond acceptors (Lipinski definition) is 3. The van der Waals surface area contributed by atoms with Gasteiger partial charge in [-0.25, -0.2) is 4.98 Å². The number of benzene rings is 1. The summed E-state index contributed by atoms with van der Waals surface area (Å²) in [5.74, 6) is 0.661. The molecule has 1 aliphatic rings. The van der Waals surface area contributed by atoms with Crippen LogP contribution < -0.4 is 10.1 Å². The standard InChI is InChI=1S/C15H16N2O/c1-18-15-14(7-4-8-16-15)17-13-9-11-5-2-3-6-12(11)10-13/h2-8,13,17H,9-10H2,1H3. The molecule has 0 unspecified atom stereocenters. The SMILES string of the molecule is COc1ncccc1NC1Cc2ccccc2C1. The summed E-state index contributed by atoms with van der Waals surface area (Å²) in [6.07, 6.45) is 3.87. The molecule has 0 saturated heterocycles. The van der Waals surface area contributed by atoms with E-state index in [9.17, 15) is 0 Å². The first-order valence-electron chi connectivity index (χ1n) is 6.19. The number of pyridine rings is 1. The lowest BCUT2D eigenvalue weighted by Gasteiger charge is -2.15. The van der Waals surface area contributed by atoms with Crippen LogP contribution in [0.5, 0.6) is 5.88 Å². The summed E-state index contributed by atoms with van der Waals surface area (Å²) >= 11 is 0. The van der Waals surface area contributed by atoms with Crippen molar-refractivity contribution in [2.24, 2.45) is 0 Å². The minimum absolute atomic E-state index is 0.431. The summed E-state index contributed by atoms with van der Waals surface area (Å²) < 4.78 is 5.26. The smallest absolute Gasteiger partial charge is 0.237 e. The topological polar surface area (TPSA) is 34.1 Å². The molecule has 0 fully saturated rings. The summed E-state index contributed by atoms with van der Waals surface area (Å²) in [6, 6.07) is 13.0. The summed E-state index contributed by atoms with van der Waals surface area (Å²) in [6.45, 7) is 0. The molecule has 1 heterocycles. The summed E-state index contributed by atoms with van der Waals surface area (Å²) in [5.41, 5.74) is 3.86. The van der Waals surface area contributed by atoms with Crippen LogP contribution in [0.2, 0.25) is 0 Å². The fraction of sp³-hybridized carbons (Fsp3) is 0.267. The van der Waals surface area contributed by atoms with Gasteiger partial charge in [-0.2, -0.15) is 0 Å². The lowest BCUT2D eigenvalue weighted by atomic mass is 10.1.